The van der Waals surface area contributed by atoms with Crippen molar-refractivity contribution < 1.29 is 18.4 Å². The first-order valence-electron chi connectivity index (χ1n) is 5.42. The Hall–Kier alpha value is -2.24. The molecule has 1 aromatic heterocycles. The lowest BCUT2D eigenvalue weighted by Crippen LogP contribution is -2.02. The molecule has 0 bridgehead atoms. The highest BCUT2D eigenvalue weighted by atomic mass is 19.1. The van der Waals surface area contributed by atoms with Crippen molar-refractivity contribution in [1.82, 2.24) is 10.1 Å². The molecule has 6 heteroatoms. The monoisotopic (exact) mass is 250 g/mol. The Morgan fingerprint density at radius 3 is 3.00 bits per heavy atom. The maximum atomic E-state index is 13.5. The fourth-order valence-electron chi connectivity index (χ4n) is 1.40. The van der Waals surface area contributed by atoms with Gasteiger partial charge >= 0.3 is 0 Å². The highest BCUT2D eigenvalue weighted by molar-refractivity contribution is 5.79. The summed E-state index contributed by atoms with van der Waals surface area (Å²) in [5.41, 5.74) is 0.147. The predicted molar refractivity (Wildman–Crippen MR) is 59.8 cm³/mol. The topological polar surface area (TPSA) is 65.2 Å². The molecule has 0 aliphatic carbocycles. The van der Waals surface area contributed by atoms with Gasteiger partial charge in [-0.05, 0) is 12.1 Å². The number of aromatic nitrogens is 2. The Morgan fingerprint density at radius 1 is 1.50 bits per heavy atom. The van der Waals surface area contributed by atoms with Gasteiger partial charge in [-0.1, -0.05) is 18.1 Å². The minimum atomic E-state index is -0.598. The highest BCUT2D eigenvalue weighted by Gasteiger charge is 2.11. The van der Waals surface area contributed by atoms with Crippen molar-refractivity contribution in [2.24, 2.45) is 0 Å². The van der Waals surface area contributed by atoms with Crippen LogP contribution in [-0.2, 0) is 13.0 Å². The zero-order valence-electron chi connectivity index (χ0n) is 9.72. The van der Waals surface area contributed by atoms with Gasteiger partial charge in [0.15, 0.2) is 24.5 Å². The van der Waals surface area contributed by atoms with E-state index in [2.05, 4.69) is 10.1 Å². The number of carbonyl (C=O) groups excluding carboxylic acids is 1. The molecule has 18 heavy (non-hydrogen) atoms. The molecule has 94 valence electrons. The lowest BCUT2D eigenvalue weighted by molar-refractivity contribution is 0.111. The zero-order chi connectivity index (χ0) is 13.0. The maximum absolute atomic E-state index is 13.5. The molecule has 0 saturated heterocycles. The fourth-order valence-corrected chi connectivity index (χ4v) is 1.40. The number of rotatable bonds is 5. The van der Waals surface area contributed by atoms with Gasteiger partial charge in [0.25, 0.3) is 0 Å². The van der Waals surface area contributed by atoms with Gasteiger partial charge in [-0.2, -0.15) is 4.98 Å². The minimum Gasteiger partial charge on any atom is -0.482 e. The quantitative estimate of drug-likeness (QED) is 0.761. The molecule has 0 aliphatic heterocycles. The molecule has 0 N–H and O–H groups in total. The molecule has 0 spiro atoms. The lowest BCUT2D eigenvalue weighted by atomic mass is 10.2. The van der Waals surface area contributed by atoms with E-state index >= 15 is 0 Å². The highest BCUT2D eigenvalue weighted by Crippen LogP contribution is 2.21. The van der Waals surface area contributed by atoms with E-state index < -0.39 is 5.82 Å². The van der Waals surface area contributed by atoms with Gasteiger partial charge < -0.3 is 9.26 Å². The van der Waals surface area contributed by atoms with Crippen LogP contribution in [0.3, 0.4) is 0 Å². The summed E-state index contributed by atoms with van der Waals surface area (Å²) >= 11 is 0. The van der Waals surface area contributed by atoms with Gasteiger partial charge in [0.2, 0.25) is 11.7 Å². The van der Waals surface area contributed by atoms with Crippen LogP contribution in [0.5, 0.6) is 5.75 Å². The Balaban J connectivity index is 2.12. The van der Waals surface area contributed by atoms with Gasteiger partial charge in [0, 0.05) is 6.42 Å². The van der Waals surface area contributed by atoms with E-state index in [9.17, 15) is 9.18 Å². The summed E-state index contributed by atoms with van der Waals surface area (Å²) in [6.45, 7) is 1.82. The molecule has 0 fully saturated rings. The van der Waals surface area contributed by atoms with Gasteiger partial charge in [-0.15, -0.1) is 0 Å². The third-order valence-electron chi connectivity index (χ3n) is 2.28. The normalized spacial score (nSPS) is 10.3. The third kappa shape index (κ3) is 2.53. The number of halogens is 1. The lowest BCUT2D eigenvalue weighted by Gasteiger charge is -2.06. The van der Waals surface area contributed by atoms with Crippen LogP contribution in [0.2, 0.25) is 0 Å². The van der Waals surface area contributed by atoms with E-state index in [4.69, 9.17) is 9.26 Å². The van der Waals surface area contributed by atoms with Crippen molar-refractivity contribution in [2.45, 2.75) is 20.0 Å². The fraction of sp³-hybridized carbons (Fsp3) is 0.250. The van der Waals surface area contributed by atoms with E-state index in [1.165, 1.54) is 18.2 Å². The molecule has 5 nitrogen and oxygen atoms in total. The molecule has 1 aromatic carbocycles. The average Bonchev–Trinajstić information content (AvgIpc) is 2.85. The minimum absolute atomic E-state index is 0.0503. The van der Waals surface area contributed by atoms with Crippen molar-refractivity contribution in [1.29, 1.82) is 0 Å². The van der Waals surface area contributed by atoms with Crippen molar-refractivity contribution in [2.75, 3.05) is 0 Å². The number of aldehydes is 1. The summed E-state index contributed by atoms with van der Waals surface area (Å²) in [6, 6.07) is 4.13. The van der Waals surface area contributed by atoms with Crippen molar-refractivity contribution in [3.05, 3.63) is 41.3 Å². The molecule has 0 radical (unpaired) electrons. The third-order valence-corrected chi connectivity index (χ3v) is 2.28. The van der Waals surface area contributed by atoms with E-state index in [0.717, 1.165) is 0 Å². The summed E-state index contributed by atoms with van der Waals surface area (Å²) in [4.78, 5) is 14.8. The average molecular weight is 250 g/mol. The number of carbonyl (C=O) groups is 1. The first kappa shape index (κ1) is 12.2. The van der Waals surface area contributed by atoms with Crippen molar-refractivity contribution >= 4 is 6.29 Å². The number of benzene rings is 1. The predicted octanol–water partition coefficient (Wildman–Crippen LogP) is 2.16. The van der Waals surface area contributed by atoms with Crippen molar-refractivity contribution in [3.63, 3.8) is 0 Å². The second-order valence-electron chi connectivity index (χ2n) is 3.52. The van der Waals surface area contributed by atoms with Gasteiger partial charge in [0.05, 0.1) is 5.56 Å². The molecule has 0 aliphatic rings. The zero-order valence-corrected chi connectivity index (χ0v) is 9.72. The summed E-state index contributed by atoms with van der Waals surface area (Å²) in [7, 11) is 0. The molecule has 1 heterocycles. The molecule has 2 rings (SSSR count). The second kappa shape index (κ2) is 5.39. The summed E-state index contributed by atoms with van der Waals surface area (Å²) in [6.07, 6.45) is 1.15. The van der Waals surface area contributed by atoms with E-state index in [1.807, 2.05) is 6.92 Å². The molecule has 2 aromatic rings. The maximum Gasteiger partial charge on any atom is 0.226 e. The number of nitrogens with zero attached hydrogens (tertiary/aromatic N) is 2. The van der Waals surface area contributed by atoms with E-state index in [-0.39, 0.29) is 17.9 Å². The molecule has 0 unspecified atom stereocenters. The summed E-state index contributed by atoms with van der Waals surface area (Å²) in [5, 5.41) is 3.67. The molecule has 0 atom stereocenters. The van der Waals surface area contributed by atoms with Crippen LogP contribution in [-0.4, -0.2) is 16.4 Å². The number of para-hydroxylation sites is 1. The van der Waals surface area contributed by atoms with E-state index in [1.54, 1.807) is 0 Å². The molecular formula is C12H11FN2O3. The van der Waals surface area contributed by atoms with Crippen LogP contribution in [0.15, 0.2) is 22.7 Å². The SMILES string of the molecule is CCc1nc(COc2c(F)cccc2C=O)no1. The van der Waals surface area contributed by atoms with Gasteiger partial charge in [0.1, 0.15) is 0 Å². The number of ether oxygens (including phenoxy) is 1. The van der Waals surface area contributed by atoms with Crippen LogP contribution < -0.4 is 4.74 Å². The van der Waals surface area contributed by atoms with E-state index in [0.29, 0.717) is 24.4 Å². The Kier molecular flexibility index (Phi) is 3.66. The second-order valence-corrected chi connectivity index (χ2v) is 3.52. The first-order valence-corrected chi connectivity index (χ1v) is 5.42. The molecular weight excluding hydrogens is 239 g/mol. The van der Waals surface area contributed by atoms with Crippen LogP contribution in [0.4, 0.5) is 4.39 Å². The smallest absolute Gasteiger partial charge is 0.226 e. The van der Waals surface area contributed by atoms with Crippen LogP contribution in [0, 0.1) is 5.82 Å². The first-order chi connectivity index (χ1) is 8.74. The summed E-state index contributed by atoms with van der Waals surface area (Å²) < 4.78 is 23.6. The number of hydrogen-bond acceptors (Lipinski definition) is 5. The Labute approximate surface area is 103 Å². The van der Waals surface area contributed by atoms with Crippen molar-refractivity contribution in [3.8, 4) is 5.75 Å². The van der Waals surface area contributed by atoms with Crippen LogP contribution in [0.25, 0.3) is 0 Å². The van der Waals surface area contributed by atoms with Gasteiger partial charge in [-0.25, -0.2) is 4.39 Å². The Bertz CT molecular complexity index is 554. The standard InChI is InChI=1S/C12H11FN2O3/c1-2-11-14-10(15-18-11)7-17-12-8(6-16)4-3-5-9(12)13/h3-6H,2,7H2,1H3. The van der Waals surface area contributed by atoms with Crippen LogP contribution in [0.1, 0.15) is 29.0 Å². The Morgan fingerprint density at radius 2 is 2.33 bits per heavy atom. The van der Waals surface area contributed by atoms with Crippen LogP contribution >= 0.6 is 0 Å². The molecule has 0 amide bonds. The number of hydrogen-bond donors (Lipinski definition) is 0. The molecule has 0 saturated carbocycles. The number of aryl methyl sites for hydroxylation is 1. The largest absolute Gasteiger partial charge is 0.482 e. The van der Waals surface area contributed by atoms with Gasteiger partial charge in [-0.3, -0.25) is 4.79 Å². The summed E-state index contributed by atoms with van der Waals surface area (Å²) in [5.74, 6) is 0.0962.